The van der Waals surface area contributed by atoms with E-state index in [-0.39, 0.29) is 29.9 Å². The maximum Gasteiger partial charge on any atom is 0.225 e. The highest BCUT2D eigenvalue weighted by Gasteiger charge is 2.50. The SMILES string of the molecule is COc1ccc2c3c(n(C)c2c1)[C@@H](CO)N(C(=O)CC1CC1)CC31CCN(C(=O)C2CCCC2)CC1. The van der Waals surface area contributed by atoms with Gasteiger partial charge in [-0.3, -0.25) is 9.59 Å². The van der Waals surface area contributed by atoms with Crippen molar-refractivity contribution in [1.29, 1.82) is 0 Å². The van der Waals surface area contributed by atoms with Crippen molar-refractivity contribution in [3.8, 4) is 5.75 Å². The minimum atomic E-state index is -0.349. The highest BCUT2D eigenvalue weighted by molar-refractivity contribution is 5.90. The van der Waals surface area contributed by atoms with Crippen molar-refractivity contribution in [1.82, 2.24) is 14.4 Å². The van der Waals surface area contributed by atoms with Gasteiger partial charge in [-0.2, -0.15) is 0 Å². The van der Waals surface area contributed by atoms with Gasteiger partial charge >= 0.3 is 0 Å². The molecule has 0 radical (unpaired) electrons. The number of aryl methyl sites for hydroxylation is 1. The van der Waals surface area contributed by atoms with Crippen LogP contribution in [-0.4, -0.2) is 64.6 Å². The molecule has 3 fully saturated rings. The van der Waals surface area contributed by atoms with Gasteiger partial charge in [0.15, 0.2) is 0 Å². The third-order valence-corrected chi connectivity index (χ3v) is 9.54. The molecule has 0 bridgehead atoms. The quantitative estimate of drug-likeness (QED) is 0.685. The van der Waals surface area contributed by atoms with Crippen LogP contribution in [0.5, 0.6) is 5.75 Å². The molecule has 1 aromatic heterocycles. The van der Waals surface area contributed by atoms with E-state index in [1.54, 1.807) is 7.11 Å². The van der Waals surface area contributed by atoms with Gasteiger partial charge in [0.25, 0.3) is 0 Å². The number of hydrogen-bond donors (Lipinski definition) is 1. The third kappa shape index (κ3) is 3.82. The zero-order valence-electron chi connectivity index (χ0n) is 21.7. The molecule has 1 atom stereocenters. The van der Waals surface area contributed by atoms with Crippen molar-refractivity contribution < 1.29 is 19.4 Å². The fraction of sp³-hybridized carbons (Fsp3) is 0.655. The summed E-state index contributed by atoms with van der Waals surface area (Å²) in [5.41, 5.74) is 3.16. The number of ether oxygens (including phenoxy) is 1. The molecule has 7 heteroatoms. The molecule has 1 aromatic carbocycles. The summed E-state index contributed by atoms with van der Waals surface area (Å²) in [5.74, 6) is 1.98. The van der Waals surface area contributed by atoms with E-state index in [0.29, 0.717) is 24.8 Å². The average Bonchev–Trinajstić information content (AvgIpc) is 3.44. The fourth-order valence-corrected chi connectivity index (χ4v) is 7.30. The zero-order valence-corrected chi connectivity index (χ0v) is 21.7. The maximum absolute atomic E-state index is 13.5. The van der Waals surface area contributed by atoms with Crippen LogP contribution < -0.4 is 4.74 Å². The van der Waals surface area contributed by atoms with Gasteiger partial charge in [0.05, 0.1) is 25.3 Å². The Labute approximate surface area is 213 Å². The lowest BCUT2D eigenvalue weighted by molar-refractivity contribution is -0.141. The van der Waals surface area contributed by atoms with Gasteiger partial charge in [0.1, 0.15) is 5.75 Å². The number of aliphatic hydroxyl groups excluding tert-OH is 1. The predicted molar refractivity (Wildman–Crippen MR) is 138 cm³/mol. The molecule has 2 aromatic rings. The molecule has 2 aliphatic carbocycles. The molecule has 7 nitrogen and oxygen atoms in total. The van der Waals surface area contributed by atoms with Crippen LogP contribution in [0.2, 0.25) is 0 Å². The molecule has 36 heavy (non-hydrogen) atoms. The second-order valence-corrected chi connectivity index (χ2v) is 11.7. The zero-order chi connectivity index (χ0) is 25.0. The van der Waals surface area contributed by atoms with Gasteiger partial charge in [-0.05, 0) is 62.1 Å². The molecule has 0 unspecified atom stereocenters. The molecule has 2 aliphatic heterocycles. The molecule has 1 saturated heterocycles. The van der Waals surface area contributed by atoms with Crippen LogP contribution in [0, 0.1) is 11.8 Å². The van der Waals surface area contributed by atoms with Crippen LogP contribution in [-0.2, 0) is 22.1 Å². The summed E-state index contributed by atoms with van der Waals surface area (Å²) in [6.45, 7) is 1.99. The molecule has 2 amide bonds. The summed E-state index contributed by atoms with van der Waals surface area (Å²) in [5, 5.41) is 11.8. The number of benzene rings is 1. The Hall–Kier alpha value is -2.54. The average molecular weight is 494 g/mol. The molecular weight excluding hydrogens is 454 g/mol. The fourth-order valence-electron chi connectivity index (χ4n) is 7.30. The number of carbonyl (C=O) groups is 2. The van der Waals surface area contributed by atoms with E-state index in [0.717, 1.165) is 81.4 Å². The van der Waals surface area contributed by atoms with Crippen molar-refractivity contribution in [2.75, 3.05) is 33.4 Å². The molecule has 1 N–H and O–H groups in total. The highest BCUT2D eigenvalue weighted by Crippen LogP contribution is 2.51. The van der Waals surface area contributed by atoms with Crippen LogP contribution in [0.25, 0.3) is 10.9 Å². The van der Waals surface area contributed by atoms with Gasteiger partial charge in [-0.15, -0.1) is 0 Å². The Kier molecular flexibility index (Phi) is 6.02. The summed E-state index contributed by atoms with van der Waals surface area (Å²) in [6, 6.07) is 5.86. The van der Waals surface area contributed by atoms with Crippen molar-refractivity contribution >= 4 is 22.7 Å². The Bertz CT molecular complexity index is 1170. The molecule has 6 rings (SSSR count). The van der Waals surface area contributed by atoms with Gasteiger partial charge in [-0.1, -0.05) is 12.8 Å². The normalized spacial score (nSPS) is 23.9. The monoisotopic (exact) mass is 493 g/mol. The number of piperidine rings is 1. The van der Waals surface area contributed by atoms with Gasteiger partial charge in [0, 0.05) is 61.6 Å². The smallest absolute Gasteiger partial charge is 0.225 e. The Morgan fingerprint density at radius 2 is 1.83 bits per heavy atom. The lowest BCUT2D eigenvalue weighted by Crippen LogP contribution is -2.56. The number of carbonyl (C=O) groups excluding carboxylic acids is 2. The summed E-state index contributed by atoms with van der Waals surface area (Å²) in [7, 11) is 3.72. The van der Waals surface area contributed by atoms with E-state index in [1.807, 2.05) is 18.0 Å². The van der Waals surface area contributed by atoms with Crippen molar-refractivity contribution in [2.24, 2.45) is 18.9 Å². The van der Waals surface area contributed by atoms with E-state index in [1.165, 1.54) is 10.9 Å². The van der Waals surface area contributed by atoms with Crippen molar-refractivity contribution in [3.63, 3.8) is 0 Å². The number of aromatic nitrogens is 1. The molecular formula is C29H39N3O4. The van der Waals surface area contributed by atoms with E-state index in [9.17, 15) is 14.7 Å². The first-order chi connectivity index (χ1) is 17.5. The van der Waals surface area contributed by atoms with E-state index in [2.05, 4.69) is 21.6 Å². The number of methoxy groups -OCH3 is 1. The lowest BCUT2D eigenvalue weighted by Gasteiger charge is -2.50. The minimum absolute atomic E-state index is 0.0902. The third-order valence-electron chi connectivity index (χ3n) is 9.54. The number of hydrogen-bond acceptors (Lipinski definition) is 4. The second-order valence-electron chi connectivity index (χ2n) is 11.7. The number of nitrogens with zero attached hydrogens (tertiary/aromatic N) is 3. The topological polar surface area (TPSA) is 75.0 Å². The standard InChI is InChI=1S/C29H39N3O4/c1-30-23-16-21(36-2)9-10-22(23)26-27(30)24(17-33)32(25(34)15-19-7-8-19)18-29(26)11-13-31(14-12-29)28(35)20-5-3-4-6-20/h9-10,16,19-20,24,33H,3-8,11-15,17-18H2,1-2H3/t24-/m1/s1. The number of aliphatic hydroxyl groups is 1. The largest absolute Gasteiger partial charge is 0.497 e. The molecule has 2 saturated carbocycles. The Balaban J connectivity index is 1.41. The Morgan fingerprint density at radius 3 is 2.47 bits per heavy atom. The maximum atomic E-state index is 13.5. The van der Waals surface area contributed by atoms with Crippen LogP contribution in [0.3, 0.4) is 0 Å². The number of rotatable bonds is 5. The summed E-state index contributed by atoms with van der Waals surface area (Å²) in [4.78, 5) is 30.8. The first kappa shape index (κ1) is 23.8. The van der Waals surface area contributed by atoms with Gasteiger partial charge in [-0.25, -0.2) is 0 Å². The minimum Gasteiger partial charge on any atom is -0.497 e. The second kappa shape index (κ2) is 9.09. The van der Waals surface area contributed by atoms with Gasteiger partial charge in [0.2, 0.25) is 11.8 Å². The first-order valence-electron chi connectivity index (χ1n) is 13.8. The number of fused-ring (bicyclic) bond motifs is 4. The van der Waals surface area contributed by atoms with Crippen molar-refractivity contribution in [2.45, 2.75) is 69.2 Å². The van der Waals surface area contributed by atoms with Crippen molar-refractivity contribution in [3.05, 3.63) is 29.5 Å². The Morgan fingerprint density at radius 1 is 1.11 bits per heavy atom. The highest BCUT2D eigenvalue weighted by atomic mass is 16.5. The lowest BCUT2D eigenvalue weighted by atomic mass is 9.68. The summed E-state index contributed by atoms with van der Waals surface area (Å²) in [6.07, 6.45) is 8.90. The number of likely N-dealkylation sites (tertiary alicyclic amines) is 1. The van der Waals surface area contributed by atoms with Crippen LogP contribution in [0.1, 0.15) is 75.1 Å². The van der Waals surface area contributed by atoms with E-state index < -0.39 is 0 Å². The molecule has 1 spiro atoms. The first-order valence-corrected chi connectivity index (χ1v) is 13.8. The molecule has 194 valence electrons. The van der Waals surface area contributed by atoms with Crippen LogP contribution in [0.15, 0.2) is 18.2 Å². The molecule has 3 heterocycles. The van der Waals surface area contributed by atoms with E-state index in [4.69, 9.17) is 4.74 Å². The summed E-state index contributed by atoms with van der Waals surface area (Å²) < 4.78 is 7.70. The summed E-state index contributed by atoms with van der Waals surface area (Å²) >= 11 is 0. The molecule has 4 aliphatic rings. The van der Waals surface area contributed by atoms with Crippen LogP contribution in [0.4, 0.5) is 0 Å². The predicted octanol–water partition coefficient (Wildman–Crippen LogP) is 3.91. The number of amides is 2. The van der Waals surface area contributed by atoms with E-state index >= 15 is 0 Å². The van der Waals surface area contributed by atoms with Gasteiger partial charge < -0.3 is 24.2 Å². The van der Waals surface area contributed by atoms with Crippen LogP contribution >= 0.6 is 0 Å².